The normalized spacial score (nSPS) is 13.6. The van der Waals surface area contributed by atoms with Crippen LogP contribution in [0.2, 0.25) is 0 Å². The third kappa shape index (κ3) is 3.06. The van der Waals surface area contributed by atoms with Crippen LogP contribution in [-0.4, -0.2) is 32.2 Å². The molecular weight excluding hydrogens is 325 g/mol. The molecule has 3 aromatic heterocycles. The molecular formula is C17H14FN5O2. The lowest BCUT2D eigenvalue weighted by atomic mass is 10.2. The van der Waals surface area contributed by atoms with E-state index in [0.29, 0.717) is 36.2 Å². The second kappa shape index (κ2) is 6.31. The van der Waals surface area contributed by atoms with Gasteiger partial charge in [-0.25, -0.2) is 14.4 Å². The number of rotatable bonds is 4. The van der Waals surface area contributed by atoms with Crippen LogP contribution in [0.5, 0.6) is 5.88 Å². The molecule has 4 rings (SSSR count). The Kier molecular flexibility index (Phi) is 3.85. The van der Waals surface area contributed by atoms with Gasteiger partial charge in [0.2, 0.25) is 5.88 Å². The van der Waals surface area contributed by atoms with Crippen molar-refractivity contribution in [2.24, 2.45) is 0 Å². The minimum Gasteiger partial charge on any atom is -0.471 e. The Morgan fingerprint density at radius 3 is 2.84 bits per heavy atom. The summed E-state index contributed by atoms with van der Waals surface area (Å²) in [7, 11) is 0. The van der Waals surface area contributed by atoms with E-state index in [2.05, 4.69) is 15.1 Å². The molecule has 1 aliphatic heterocycles. The fourth-order valence-corrected chi connectivity index (χ4v) is 2.64. The zero-order valence-electron chi connectivity index (χ0n) is 13.2. The quantitative estimate of drug-likeness (QED) is 0.727. The topological polar surface area (TPSA) is 73.1 Å². The third-order valence-corrected chi connectivity index (χ3v) is 3.82. The van der Waals surface area contributed by atoms with Gasteiger partial charge in [0.25, 0.3) is 5.91 Å². The van der Waals surface area contributed by atoms with E-state index in [1.165, 1.54) is 17.0 Å². The van der Waals surface area contributed by atoms with Gasteiger partial charge in [0, 0.05) is 18.8 Å². The van der Waals surface area contributed by atoms with Crippen molar-refractivity contribution in [3.05, 3.63) is 66.0 Å². The predicted molar refractivity (Wildman–Crippen MR) is 86.7 cm³/mol. The van der Waals surface area contributed by atoms with Crippen LogP contribution in [0.15, 0.2) is 48.8 Å². The maximum atomic E-state index is 13.0. The number of anilines is 1. The smallest absolute Gasteiger partial charge is 0.277 e. The number of fused-ring (bicyclic) bond motifs is 1. The number of hydrogen-bond acceptors (Lipinski definition) is 5. The van der Waals surface area contributed by atoms with Gasteiger partial charge in [0.05, 0.1) is 12.7 Å². The Labute approximate surface area is 142 Å². The van der Waals surface area contributed by atoms with Crippen LogP contribution in [-0.2, 0) is 13.2 Å². The van der Waals surface area contributed by atoms with Gasteiger partial charge in [-0.3, -0.25) is 14.4 Å². The lowest BCUT2D eigenvalue weighted by Crippen LogP contribution is -2.40. The van der Waals surface area contributed by atoms with Crippen LogP contribution >= 0.6 is 0 Å². The lowest BCUT2D eigenvalue weighted by Gasteiger charge is -2.26. The number of halogens is 1. The van der Waals surface area contributed by atoms with Gasteiger partial charge in [-0.1, -0.05) is 6.07 Å². The molecule has 1 amide bonds. The Morgan fingerprint density at radius 2 is 2.08 bits per heavy atom. The van der Waals surface area contributed by atoms with Gasteiger partial charge < -0.3 is 4.74 Å². The summed E-state index contributed by atoms with van der Waals surface area (Å²) in [5, 5.41) is 4.39. The van der Waals surface area contributed by atoms with Crippen LogP contribution in [0.1, 0.15) is 16.2 Å². The zero-order valence-corrected chi connectivity index (χ0v) is 13.2. The predicted octanol–water partition coefficient (Wildman–Crippen LogP) is 2.05. The van der Waals surface area contributed by atoms with Crippen molar-refractivity contribution in [3.8, 4) is 5.88 Å². The number of hydrogen-bond donors (Lipinski definition) is 0. The summed E-state index contributed by atoms with van der Waals surface area (Å²) in [4.78, 5) is 22.2. The standard InChI is InChI=1S/C17H14FN5O2/c18-12-4-5-15(20-10-12)22-7-8-23-14(17(22)24)9-13(21-23)11-25-16-3-1-2-6-19-16/h1-6,9-10H,7-8,11H2. The van der Waals surface area contributed by atoms with E-state index in [1.807, 2.05) is 6.07 Å². The molecule has 0 aromatic carbocycles. The molecule has 25 heavy (non-hydrogen) atoms. The number of nitrogens with zero attached hydrogens (tertiary/aromatic N) is 5. The molecule has 4 heterocycles. The highest BCUT2D eigenvalue weighted by atomic mass is 19.1. The fourth-order valence-electron chi connectivity index (χ4n) is 2.64. The Morgan fingerprint density at radius 1 is 1.16 bits per heavy atom. The second-order valence-corrected chi connectivity index (χ2v) is 5.49. The number of pyridine rings is 2. The van der Waals surface area contributed by atoms with Crippen molar-refractivity contribution in [2.75, 3.05) is 11.4 Å². The molecule has 3 aromatic rings. The molecule has 126 valence electrons. The zero-order chi connectivity index (χ0) is 17.2. The van der Waals surface area contributed by atoms with Crippen molar-refractivity contribution in [1.82, 2.24) is 19.7 Å². The molecule has 0 atom stereocenters. The first-order chi connectivity index (χ1) is 12.2. The van der Waals surface area contributed by atoms with E-state index in [4.69, 9.17) is 4.74 Å². The van der Waals surface area contributed by atoms with Crippen LogP contribution in [0.4, 0.5) is 10.2 Å². The summed E-state index contributed by atoms with van der Waals surface area (Å²) in [6, 6.07) is 9.86. The van der Waals surface area contributed by atoms with E-state index in [0.717, 1.165) is 6.20 Å². The Hall–Kier alpha value is -3.29. The van der Waals surface area contributed by atoms with Gasteiger partial charge in [-0.05, 0) is 24.3 Å². The second-order valence-electron chi connectivity index (χ2n) is 5.49. The maximum Gasteiger partial charge on any atom is 0.277 e. The number of carbonyl (C=O) groups excluding carboxylic acids is 1. The molecule has 7 nitrogen and oxygen atoms in total. The summed E-state index contributed by atoms with van der Waals surface area (Å²) in [6.45, 7) is 1.18. The van der Waals surface area contributed by atoms with E-state index < -0.39 is 5.82 Å². The monoisotopic (exact) mass is 339 g/mol. The first-order valence-corrected chi connectivity index (χ1v) is 7.75. The van der Waals surface area contributed by atoms with Crippen LogP contribution in [0.25, 0.3) is 0 Å². The minimum atomic E-state index is -0.438. The van der Waals surface area contributed by atoms with Crippen LogP contribution in [0.3, 0.4) is 0 Å². The van der Waals surface area contributed by atoms with Crippen molar-refractivity contribution >= 4 is 11.7 Å². The summed E-state index contributed by atoms with van der Waals surface area (Å²) in [6.07, 6.45) is 2.74. The van der Waals surface area contributed by atoms with Crippen molar-refractivity contribution in [3.63, 3.8) is 0 Å². The van der Waals surface area contributed by atoms with Crippen LogP contribution in [0, 0.1) is 5.82 Å². The molecule has 8 heteroatoms. The number of ether oxygens (including phenoxy) is 1. The average molecular weight is 339 g/mol. The first-order valence-electron chi connectivity index (χ1n) is 7.75. The molecule has 0 saturated heterocycles. The molecule has 0 saturated carbocycles. The highest BCUT2D eigenvalue weighted by Crippen LogP contribution is 2.20. The molecule has 0 N–H and O–H groups in total. The minimum absolute atomic E-state index is 0.220. The Balaban J connectivity index is 1.51. The van der Waals surface area contributed by atoms with Gasteiger partial charge in [0.1, 0.15) is 29.6 Å². The highest BCUT2D eigenvalue weighted by Gasteiger charge is 2.28. The number of carbonyl (C=O) groups is 1. The molecule has 0 unspecified atom stereocenters. The molecule has 0 spiro atoms. The van der Waals surface area contributed by atoms with Crippen molar-refractivity contribution < 1.29 is 13.9 Å². The summed E-state index contributed by atoms with van der Waals surface area (Å²) in [5.74, 6) is 0.260. The third-order valence-electron chi connectivity index (χ3n) is 3.82. The summed E-state index contributed by atoms with van der Waals surface area (Å²) >= 11 is 0. The van der Waals surface area contributed by atoms with Gasteiger partial charge in [-0.2, -0.15) is 5.10 Å². The first kappa shape index (κ1) is 15.3. The van der Waals surface area contributed by atoms with Gasteiger partial charge in [-0.15, -0.1) is 0 Å². The SMILES string of the molecule is O=C1c2cc(COc3ccccn3)nn2CCN1c1ccc(F)cn1. The van der Waals surface area contributed by atoms with Crippen molar-refractivity contribution in [1.29, 1.82) is 0 Å². The van der Waals surface area contributed by atoms with E-state index in [1.54, 1.807) is 29.1 Å². The summed E-state index contributed by atoms with van der Waals surface area (Å²) < 4.78 is 20.2. The lowest BCUT2D eigenvalue weighted by molar-refractivity contribution is 0.0961. The van der Waals surface area contributed by atoms with Crippen molar-refractivity contribution in [2.45, 2.75) is 13.2 Å². The van der Waals surface area contributed by atoms with Crippen LogP contribution < -0.4 is 9.64 Å². The molecule has 1 aliphatic rings. The molecule has 0 radical (unpaired) electrons. The molecule has 0 fully saturated rings. The number of aromatic nitrogens is 4. The molecule has 0 aliphatic carbocycles. The largest absolute Gasteiger partial charge is 0.471 e. The fraction of sp³-hybridized carbons (Fsp3) is 0.176. The maximum absolute atomic E-state index is 13.0. The average Bonchev–Trinajstić information content (AvgIpc) is 3.06. The van der Waals surface area contributed by atoms with E-state index in [9.17, 15) is 9.18 Å². The summed E-state index contributed by atoms with van der Waals surface area (Å²) in [5.41, 5.74) is 1.10. The van der Waals surface area contributed by atoms with E-state index >= 15 is 0 Å². The Bertz CT molecular complexity index is 895. The van der Waals surface area contributed by atoms with E-state index in [-0.39, 0.29) is 12.5 Å². The number of amides is 1. The highest BCUT2D eigenvalue weighted by molar-refractivity contribution is 6.05. The van der Waals surface area contributed by atoms with Gasteiger partial charge >= 0.3 is 0 Å². The molecule has 0 bridgehead atoms. The van der Waals surface area contributed by atoms with Gasteiger partial charge in [0.15, 0.2) is 0 Å².